The van der Waals surface area contributed by atoms with Crippen LogP contribution < -0.4 is 4.89 Å². The molecule has 2 unspecified atom stereocenters. The van der Waals surface area contributed by atoms with Gasteiger partial charge in [-0.3, -0.25) is 14.2 Å². The Hall–Kier alpha value is -3.33. The molecule has 2 atom stereocenters. The fraction of sp³-hybridized carbons (Fsp3) is 0.750. The lowest BCUT2D eigenvalue weighted by Gasteiger charge is -2.28. The minimum Gasteiger partial charge on any atom is -0.756 e. The van der Waals surface area contributed by atoms with Crippen LogP contribution in [0.5, 0.6) is 0 Å². The van der Waals surface area contributed by atoms with E-state index in [1.54, 1.807) is 0 Å². The van der Waals surface area contributed by atoms with Gasteiger partial charge >= 0.3 is 11.9 Å². The molecule has 0 saturated carbocycles. The molecule has 0 aromatic heterocycles. The molecule has 0 heterocycles. The summed E-state index contributed by atoms with van der Waals surface area (Å²) in [5.41, 5.74) is 0. The molecule has 0 saturated heterocycles. The molecule has 0 spiro atoms. The fourth-order valence-electron chi connectivity index (χ4n) is 10.6. The van der Waals surface area contributed by atoms with Crippen molar-refractivity contribution in [3.05, 3.63) is 109 Å². The third-order valence-corrected chi connectivity index (χ3v) is 17.2. The summed E-state index contributed by atoms with van der Waals surface area (Å²) < 4.78 is 34.3. The highest BCUT2D eigenvalue weighted by Crippen LogP contribution is 2.38. The number of likely N-dealkylation sites (N-methyl/N-ethyl adjacent to an activating group) is 1. The monoisotopic (exact) mass is 1280 g/mol. The van der Waals surface area contributed by atoms with Crippen LogP contribution >= 0.6 is 7.82 Å². The molecule has 0 N–H and O–H groups in total. The molecule has 0 radical (unpaired) electrons. The van der Waals surface area contributed by atoms with Gasteiger partial charge in [-0.05, 0) is 103 Å². The summed E-state index contributed by atoms with van der Waals surface area (Å²) in [6.07, 6.45) is 99.3. The van der Waals surface area contributed by atoms with E-state index in [0.717, 1.165) is 83.5 Å². The van der Waals surface area contributed by atoms with E-state index in [0.29, 0.717) is 17.4 Å². The molecule has 10 heteroatoms. The number of quaternary nitrogens is 1. The number of carbonyl (C=O) groups is 2. The number of hydrogen-bond donors (Lipinski definition) is 0. The molecule has 0 rings (SSSR count). The Morgan fingerprint density at radius 2 is 0.633 bits per heavy atom. The molecule has 9 nitrogen and oxygen atoms in total. The van der Waals surface area contributed by atoms with Gasteiger partial charge in [0.2, 0.25) is 0 Å². The van der Waals surface area contributed by atoms with Crippen LogP contribution in [0.3, 0.4) is 0 Å². The standard InChI is InChI=1S/C80H142NO8P/c1-6-8-10-12-14-16-18-20-22-24-26-28-30-32-34-35-36-37-38-39-40-41-42-43-44-45-47-48-50-52-54-56-58-60-62-64-66-68-70-72-79(82)86-76-78(77-88-90(84,85)87-75-74-81(3,4)5)89-80(83)73-71-69-67-65-63-61-59-57-55-53-51-49-46-33-31-29-27-25-23-21-19-17-15-13-11-9-7-2/h9,11,15,17,21,23-24,26-27,29,33,46,51,53,57,59,63,65,78H,6-8,10,12-14,16,18-20,22,25,28,30-32,34-45,47-50,52,54-56,58,60-62,64,66-77H2,1-5H3/b11-9-,17-15-,23-21-,26-24-,29-27-,46-33-,53-51-,59-57-,65-63-. The van der Waals surface area contributed by atoms with Crippen LogP contribution in [0.2, 0.25) is 0 Å². The number of hydrogen-bond acceptors (Lipinski definition) is 8. The fourth-order valence-corrected chi connectivity index (χ4v) is 11.3. The van der Waals surface area contributed by atoms with Gasteiger partial charge in [0.05, 0.1) is 27.7 Å². The predicted octanol–water partition coefficient (Wildman–Crippen LogP) is 24.2. The summed E-state index contributed by atoms with van der Waals surface area (Å²) in [6, 6.07) is 0. The van der Waals surface area contributed by atoms with Crippen LogP contribution in [0.4, 0.5) is 0 Å². The lowest BCUT2D eigenvalue weighted by Crippen LogP contribution is -2.37. The van der Waals surface area contributed by atoms with E-state index >= 15 is 0 Å². The molecule has 0 aliphatic carbocycles. The van der Waals surface area contributed by atoms with Crippen LogP contribution in [0.15, 0.2) is 109 Å². The largest absolute Gasteiger partial charge is 0.756 e. The number of nitrogens with zero attached hydrogens (tertiary/aromatic N) is 1. The van der Waals surface area contributed by atoms with Gasteiger partial charge in [0.15, 0.2) is 6.10 Å². The third-order valence-electron chi connectivity index (χ3n) is 16.3. The topological polar surface area (TPSA) is 111 Å². The van der Waals surface area contributed by atoms with Crippen LogP contribution in [-0.2, 0) is 32.7 Å². The number of esters is 2. The van der Waals surface area contributed by atoms with E-state index in [9.17, 15) is 19.0 Å². The van der Waals surface area contributed by atoms with Crippen molar-refractivity contribution in [1.29, 1.82) is 0 Å². The van der Waals surface area contributed by atoms with Gasteiger partial charge in [0.25, 0.3) is 7.82 Å². The number of rotatable bonds is 69. The quantitative estimate of drug-likeness (QED) is 0.0195. The Balaban J connectivity index is 4.01. The Kier molecular flexibility index (Phi) is 67.4. The van der Waals surface area contributed by atoms with Crippen LogP contribution in [0.1, 0.15) is 335 Å². The van der Waals surface area contributed by atoms with Crippen LogP contribution in [-0.4, -0.2) is 70.0 Å². The van der Waals surface area contributed by atoms with E-state index in [1.165, 1.54) is 218 Å². The zero-order valence-electron chi connectivity index (χ0n) is 59.3. The zero-order chi connectivity index (χ0) is 65.5. The average Bonchev–Trinajstić information content (AvgIpc) is 3.61. The molecule has 90 heavy (non-hydrogen) atoms. The molecule has 0 amide bonds. The summed E-state index contributed by atoms with van der Waals surface area (Å²) in [4.78, 5) is 38.1. The maximum atomic E-state index is 12.8. The minimum absolute atomic E-state index is 0.0437. The first-order valence-electron chi connectivity index (χ1n) is 37.6. The van der Waals surface area contributed by atoms with Gasteiger partial charge in [-0.2, -0.15) is 0 Å². The average molecular weight is 1280 g/mol. The Morgan fingerprint density at radius 1 is 0.356 bits per heavy atom. The highest BCUT2D eigenvalue weighted by Gasteiger charge is 2.22. The summed E-state index contributed by atoms with van der Waals surface area (Å²) in [5.74, 6) is -0.879. The van der Waals surface area contributed by atoms with Crippen molar-refractivity contribution in [3.63, 3.8) is 0 Å². The molecule has 520 valence electrons. The van der Waals surface area contributed by atoms with Crippen molar-refractivity contribution in [1.82, 2.24) is 0 Å². The number of unbranched alkanes of at least 4 members (excludes halogenated alkanes) is 37. The summed E-state index contributed by atoms with van der Waals surface area (Å²) in [5, 5.41) is 0. The Bertz CT molecular complexity index is 1890. The molecule has 0 aliphatic rings. The van der Waals surface area contributed by atoms with Gasteiger partial charge in [-0.15, -0.1) is 0 Å². The van der Waals surface area contributed by atoms with Crippen molar-refractivity contribution in [2.75, 3.05) is 47.5 Å². The Morgan fingerprint density at radius 3 is 0.978 bits per heavy atom. The van der Waals surface area contributed by atoms with Crippen molar-refractivity contribution < 1.29 is 42.1 Å². The second-order valence-corrected chi connectivity index (χ2v) is 27.7. The SMILES string of the molecule is CC/C=C\C/C=C\C/C=C\C/C=C\C/C=C\C/C=C\C/C=C\C/C=C\CCCCC(=O)OC(COC(=O)CCCCCCCCCCCCCCCCCCCCCCCCCCCCC/C=C\CCCCCCCCCC)COP(=O)([O-])OCC[N+](C)(C)C. The van der Waals surface area contributed by atoms with Crippen LogP contribution in [0.25, 0.3) is 0 Å². The third kappa shape index (κ3) is 73.7. The zero-order valence-corrected chi connectivity index (χ0v) is 60.2. The van der Waals surface area contributed by atoms with Gasteiger partial charge < -0.3 is 27.9 Å². The second-order valence-electron chi connectivity index (χ2n) is 26.3. The van der Waals surface area contributed by atoms with Gasteiger partial charge in [-0.25, -0.2) is 0 Å². The van der Waals surface area contributed by atoms with Crippen molar-refractivity contribution in [3.8, 4) is 0 Å². The molecular weight excluding hydrogens is 1130 g/mol. The minimum atomic E-state index is -4.66. The molecule has 0 aliphatic heterocycles. The molecule has 0 bridgehead atoms. The molecule has 0 aromatic rings. The summed E-state index contributed by atoms with van der Waals surface area (Å²) in [6.45, 7) is 4.10. The maximum absolute atomic E-state index is 12.8. The Labute approximate surface area is 556 Å². The first-order chi connectivity index (χ1) is 44.0. The van der Waals surface area contributed by atoms with E-state index in [4.69, 9.17) is 18.5 Å². The number of allylic oxidation sites excluding steroid dienone is 18. The second kappa shape index (κ2) is 70.0. The van der Waals surface area contributed by atoms with E-state index in [1.807, 2.05) is 21.1 Å². The van der Waals surface area contributed by atoms with Crippen LogP contribution in [0, 0.1) is 0 Å². The number of phosphoric acid groups is 1. The molecular formula is C80H142NO8P. The maximum Gasteiger partial charge on any atom is 0.306 e. The van der Waals surface area contributed by atoms with Gasteiger partial charge in [0.1, 0.15) is 19.8 Å². The van der Waals surface area contributed by atoms with Gasteiger partial charge in [-0.1, -0.05) is 329 Å². The van der Waals surface area contributed by atoms with Crippen molar-refractivity contribution >= 4 is 19.8 Å². The predicted molar refractivity (Wildman–Crippen MR) is 388 cm³/mol. The van der Waals surface area contributed by atoms with Crippen molar-refractivity contribution in [2.45, 2.75) is 341 Å². The van der Waals surface area contributed by atoms with E-state index < -0.39 is 32.5 Å². The smallest absolute Gasteiger partial charge is 0.306 e. The van der Waals surface area contributed by atoms with E-state index in [2.05, 4.69) is 123 Å². The normalized spacial score (nSPS) is 13.7. The number of carbonyl (C=O) groups excluding carboxylic acids is 2. The highest BCUT2D eigenvalue weighted by atomic mass is 31.2. The van der Waals surface area contributed by atoms with E-state index in [-0.39, 0.29) is 26.1 Å². The number of phosphoric ester groups is 1. The van der Waals surface area contributed by atoms with Gasteiger partial charge in [0, 0.05) is 12.8 Å². The summed E-state index contributed by atoms with van der Waals surface area (Å²) >= 11 is 0. The lowest BCUT2D eigenvalue weighted by atomic mass is 10.0. The first-order valence-corrected chi connectivity index (χ1v) is 39.1. The molecule has 0 aromatic carbocycles. The first kappa shape index (κ1) is 86.7. The summed E-state index contributed by atoms with van der Waals surface area (Å²) in [7, 11) is 1.13. The molecule has 0 fully saturated rings. The number of ether oxygens (including phenoxy) is 2. The lowest BCUT2D eigenvalue weighted by molar-refractivity contribution is -0.870. The highest BCUT2D eigenvalue weighted by molar-refractivity contribution is 7.45. The van der Waals surface area contributed by atoms with Crippen molar-refractivity contribution in [2.24, 2.45) is 0 Å².